The minimum atomic E-state index is -0.0645. The molecule has 1 aliphatic heterocycles. The van der Waals surface area contributed by atoms with Crippen LogP contribution < -0.4 is 0 Å². The predicted molar refractivity (Wildman–Crippen MR) is 76.1 cm³/mol. The molecule has 0 spiro atoms. The topological polar surface area (TPSA) is 36.3 Å². The van der Waals surface area contributed by atoms with Crippen molar-refractivity contribution in [2.75, 3.05) is 26.3 Å². The Bertz CT molecular complexity index is 472. The van der Waals surface area contributed by atoms with E-state index < -0.39 is 0 Å². The molecule has 1 aromatic carbocycles. The maximum atomic E-state index is 9.52. The summed E-state index contributed by atoms with van der Waals surface area (Å²) in [4.78, 5) is 2.24. The van der Waals surface area contributed by atoms with Gasteiger partial charge in [0.05, 0.1) is 19.3 Å². The van der Waals surface area contributed by atoms with E-state index in [0.717, 1.165) is 26.3 Å². The number of hydrogen-bond acceptors (Lipinski definition) is 3. The van der Waals surface area contributed by atoms with Gasteiger partial charge in [0.25, 0.3) is 0 Å². The molecule has 2 rings (SSSR count). The Labute approximate surface area is 115 Å². The van der Waals surface area contributed by atoms with E-state index in [9.17, 15) is 5.26 Å². The molecule has 0 N–H and O–H groups in total. The second-order valence-corrected chi connectivity index (χ2v) is 5.37. The third kappa shape index (κ3) is 3.15. The molecule has 0 bridgehead atoms. The summed E-state index contributed by atoms with van der Waals surface area (Å²) in [6.07, 6.45) is 0. The Morgan fingerprint density at radius 2 is 1.95 bits per heavy atom. The molecule has 3 nitrogen and oxygen atoms in total. The number of nitriles is 1. The largest absolute Gasteiger partial charge is 0.379 e. The monoisotopic (exact) mass is 258 g/mol. The van der Waals surface area contributed by atoms with E-state index in [1.165, 1.54) is 16.7 Å². The highest BCUT2D eigenvalue weighted by Gasteiger charge is 2.27. The molecule has 2 atom stereocenters. The summed E-state index contributed by atoms with van der Waals surface area (Å²) in [7, 11) is 0. The first kappa shape index (κ1) is 14.0. The molecule has 1 fully saturated rings. The van der Waals surface area contributed by atoms with Crippen LogP contribution in [-0.2, 0) is 4.74 Å². The summed E-state index contributed by atoms with van der Waals surface area (Å²) in [5.41, 5.74) is 3.83. The fourth-order valence-electron chi connectivity index (χ4n) is 2.87. The van der Waals surface area contributed by atoms with Crippen molar-refractivity contribution in [2.24, 2.45) is 0 Å². The molecule has 0 radical (unpaired) electrons. The third-order valence-corrected chi connectivity index (χ3v) is 3.96. The highest BCUT2D eigenvalue weighted by atomic mass is 16.5. The van der Waals surface area contributed by atoms with Crippen LogP contribution in [0.15, 0.2) is 18.2 Å². The van der Waals surface area contributed by atoms with Gasteiger partial charge in [0.15, 0.2) is 0 Å². The van der Waals surface area contributed by atoms with Crippen molar-refractivity contribution in [3.05, 3.63) is 34.9 Å². The van der Waals surface area contributed by atoms with Gasteiger partial charge in [-0.15, -0.1) is 0 Å². The number of benzene rings is 1. The first-order valence-electron chi connectivity index (χ1n) is 6.92. The van der Waals surface area contributed by atoms with Crippen LogP contribution in [0.25, 0.3) is 0 Å². The fraction of sp³-hybridized carbons (Fsp3) is 0.562. The zero-order valence-corrected chi connectivity index (χ0v) is 12.0. The van der Waals surface area contributed by atoms with Gasteiger partial charge in [0.2, 0.25) is 0 Å². The molecular formula is C16H22N2O. The molecule has 102 valence electrons. The summed E-state index contributed by atoms with van der Waals surface area (Å²) in [6, 6.07) is 8.91. The smallest absolute Gasteiger partial charge is 0.105 e. The molecule has 1 heterocycles. The van der Waals surface area contributed by atoms with Crippen molar-refractivity contribution in [3.63, 3.8) is 0 Å². The van der Waals surface area contributed by atoms with Crippen LogP contribution in [0.2, 0.25) is 0 Å². The van der Waals surface area contributed by atoms with Crippen molar-refractivity contribution in [1.29, 1.82) is 5.26 Å². The molecule has 1 aromatic rings. The van der Waals surface area contributed by atoms with E-state index in [0.29, 0.717) is 0 Å². The summed E-state index contributed by atoms with van der Waals surface area (Å²) in [6.45, 7) is 9.56. The average Bonchev–Trinajstić information content (AvgIpc) is 2.40. The number of aryl methyl sites for hydroxylation is 2. The lowest BCUT2D eigenvalue weighted by atomic mass is 9.89. The minimum absolute atomic E-state index is 0.0645. The Hall–Kier alpha value is -1.37. The standard InChI is InChI=1S/C16H22N2O/c1-12-4-5-15(13(2)10-12)14(3)16(11-17)18-6-8-19-9-7-18/h4-5,10,14,16H,6-9H2,1-3H3. The van der Waals surface area contributed by atoms with E-state index in [2.05, 4.69) is 49.9 Å². The van der Waals surface area contributed by atoms with Gasteiger partial charge in [0.1, 0.15) is 6.04 Å². The zero-order chi connectivity index (χ0) is 13.8. The van der Waals surface area contributed by atoms with Gasteiger partial charge in [-0.05, 0) is 25.0 Å². The summed E-state index contributed by atoms with van der Waals surface area (Å²) < 4.78 is 5.37. The van der Waals surface area contributed by atoms with Crippen molar-refractivity contribution in [2.45, 2.75) is 32.7 Å². The lowest BCUT2D eigenvalue weighted by Gasteiger charge is -2.34. The first-order chi connectivity index (χ1) is 9.13. The number of ether oxygens (including phenoxy) is 1. The van der Waals surface area contributed by atoms with Gasteiger partial charge < -0.3 is 4.74 Å². The van der Waals surface area contributed by atoms with Crippen molar-refractivity contribution in [3.8, 4) is 6.07 Å². The molecule has 3 heteroatoms. The average molecular weight is 258 g/mol. The van der Waals surface area contributed by atoms with E-state index in [-0.39, 0.29) is 12.0 Å². The third-order valence-electron chi connectivity index (χ3n) is 3.96. The van der Waals surface area contributed by atoms with Crippen LogP contribution >= 0.6 is 0 Å². The second kappa shape index (κ2) is 6.18. The molecule has 0 amide bonds. The maximum Gasteiger partial charge on any atom is 0.105 e. The van der Waals surface area contributed by atoms with Crippen LogP contribution in [0.1, 0.15) is 29.5 Å². The van der Waals surface area contributed by atoms with Gasteiger partial charge in [-0.1, -0.05) is 30.7 Å². The predicted octanol–water partition coefficient (Wildman–Crippen LogP) is 2.63. The maximum absolute atomic E-state index is 9.52. The Balaban J connectivity index is 2.20. The van der Waals surface area contributed by atoms with Crippen LogP contribution in [0.3, 0.4) is 0 Å². The van der Waals surface area contributed by atoms with E-state index >= 15 is 0 Å². The summed E-state index contributed by atoms with van der Waals surface area (Å²) in [5.74, 6) is 0.226. The molecule has 2 unspecified atom stereocenters. The lowest BCUT2D eigenvalue weighted by molar-refractivity contribution is 0.0231. The van der Waals surface area contributed by atoms with Gasteiger partial charge in [-0.25, -0.2) is 0 Å². The van der Waals surface area contributed by atoms with Crippen LogP contribution in [0.5, 0.6) is 0 Å². The normalized spacial score (nSPS) is 19.7. The minimum Gasteiger partial charge on any atom is -0.379 e. The van der Waals surface area contributed by atoms with Crippen molar-refractivity contribution >= 4 is 0 Å². The van der Waals surface area contributed by atoms with Gasteiger partial charge in [0, 0.05) is 19.0 Å². The quantitative estimate of drug-likeness (QED) is 0.836. The zero-order valence-electron chi connectivity index (χ0n) is 12.0. The molecule has 19 heavy (non-hydrogen) atoms. The van der Waals surface area contributed by atoms with E-state index in [1.54, 1.807) is 0 Å². The summed E-state index contributed by atoms with van der Waals surface area (Å²) >= 11 is 0. The van der Waals surface area contributed by atoms with Gasteiger partial charge >= 0.3 is 0 Å². The van der Waals surface area contributed by atoms with Crippen molar-refractivity contribution < 1.29 is 4.74 Å². The highest BCUT2D eigenvalue weighted by Crippen LogP contribution is 2.26. The SMILES string of the molecule is Cc1ccc(C(C)C(C#N)N2CCOCC2)c(C)c1. The lowest BCUT2D eigenvalue weighted by Crippen LogP contribution is -2.45. The first-order valence-corrected chi connectivity index (χ1v) is 6.92. The molecule has 1 saturated heterocycles. The van der Waals surface area contributed by atoms with Crippen LogP contribution in [-0.4, -0.2) is 37.2 Å². The molecule has 0 aromatic heterocycles. The summed E-state index contributed by atoms with van der Waals surface area (Å²) in [5, 5.41) is 9.52. The molecule has 0 saturated carbocycles. The fourth-order valence-corrected chi connectivity index (χ4v) is 2.87. The van der Waals surface area contributed by atoms with Gasteiger partial charge in [-0.3, -0.25) is 4.90 Å². The molecule has 1 aliphatic rings. The highest BCUT2D eigenvalue weighted by molar-refractivity contribution is 5.34. The van der Waals surface area contributed by atoms with Crippen LogP contribution in [0.4, 0.5) is 0 Å². The van der Waals surface area contributed by atoms with Crippen molar-refractivity contribution in [1.82, 2.24) is 4.90 Å². The van der Waals surface area contributed by atoms with E-state index in [1.807, 2.05) is 0 Å². The Morgan fingerprint density at radius 3 is 2.53 bits per heavy atom. The van der Waals surface area contributed by atoms with Crippen LogP contribution in [0, 0.1) is 25.2 Å². The molecular weight excluding hydrogens is 236 g/mol. The second-order valence-electron chi connectivity index (χ2n) is 5.37. The number of hydrogen-bond donors (Lipinski definition) is 0. The van der Waals surface area contributed by atoms with E-state index in [4.69, 9.17) is 4.74 Å². The Kier molecular flexibility index (Phi) is 4.57. The van der Waals surface area contributed by atoms with Gasteiger partial charge in [-0.2, -0.15) is 5.26 Å². The number of morpholine rings is 1. The number of rotatable bonds is 3. The number of nitrogens with zero attached hydrogens (tertiary/aromatic N) is 2. The molecule has 0 aliphatic carbocycles. The Morgan fingerprint density at radius 1 is 1.26 bits per heavy atom.